The van der Waals surface area contributed by atoms with Crippen molar-refractivity contribution < 1.29 is 102 Å². The molecule has 0 aliphatic carbocycles. The van der Waals surface area contributed by atoms with E-state index in [-0.39, 0.29) is 82.0 Å². The molecule has 0 heterocycles. The molecule has 22 N–H and O–H groups in total. The van der Waals surface area contributed by atoms with Gasteiger partial charge >= 0.3 is 23.9 Å². The summed E-state index contributed by atoms with van der Waals surface area (Å²) in [7, 11) is 0. The molecule has 0 saturated carbocycles. The summed E-state index contributed by atoms with van der Waals surface area (Å²) in [5, 5.41) is 68.2. The van der Waals surface area contributed by atoms with Gasteiger partial charge in [-0.15, -0.1) is 0 Å². The zero-order valence-electron chi connectivity index (χ0n) is 61.1. The van der Waals surface area contributed by atoms with Crippen molar-refractivity contribution in [3.63, 3.8) is 0 Å². The van der Waals surface area contributed by atoms with Gasteiger partial charge in [0.2, 0.25) is 76.8 Å². The van der Waals surface area contributed by atoms with E-state index in [1.807, 2.05) is 0 Å². The number of aliphatic carboxylic acids is 4. The molecule has 0 saturated heterocycles. The number of rotatable bonds is 52. The number of benzene rings is 1. The maximum Gasteiger partial charge on any atom is 0.303 e. The number of guanidine groups is 1. The van der Waals surface area contributed by atoms with Crippen LogP contribution in [0.1, 0.15) is 164 Å². The van der Waals surface area contributed by atoms with E-state index in [9.17, 15) is 102 Å². The third-order valence-corrected chi connectivity index (χ3v) is 16.9. The van der Waals surface area contributed by atoms with Crippen LogP contribution >= 0.6 is 11.8 Å². The predicted octanol–water partition coefficient (Wildman–Crippen LogP) is -2.61. The highest BCUT2D eigenvalue weighted by atomic mass is 32.2. The molecule has 0 bridgehead atoms. The first-order chi connectivity index (χ1) is 49.2. The average molecular weight is 1510 g/mol. The number of carboxylic acids is 4. The number of thioether (sulfide) groups is 1. The van der Waals surface area contributed by atoms with Crippen LogP contribution < -0.4 is 81.0 Å². The number of amides is 13. The molecule has 0 aromatic heterocycles. The normalized spacial score (nSPS) is 14.7. The van der Waals surface area contributed by atoms with E-state index in [4.69, 9.17) is 17.2 Å². The largest absolute Gasteiger partial charge is 0.481 e. The van der Waals surface area contributed by atoms with Crippen LogP contribution in [0.25, 0.3) is 0 Å². The Morgan fingerprint density at radius 1 is 0.429 bits per heavy atom. The number of hydrogen-bond donors (Lipinski definition) is 19. The summed E-state index contributed by atoms with van der Waals surface area (Å²) in [5.74, 6) is -19.2. The van der Waals surface area contributed by atoms with E-state index in [1.54, 1.807) is 71.2 Å². The van der Waals surface area contributed by atoms with Gasteiger partial charge in [0.15, 0.2) is 5.96 Å². The van der Waals surface area contributed by atoms with E-state index in [2.05, 4.69) is 68.8 Å². The monoisotopic (exact) mass is 1500 g/mol. The SMILES string of the molecule is CC[C@H](C)[C@H](NC(=O)[C@@H](Cc1ccccc1)NC(=O)[C@H](CC(C)C)NC(=O)C(CCCN=C(N)N)NC(=O)[C@@H](NC(=O)[C@H](C)NC(=O)[C@H](CCC(=O)O)NC(=O)C(CCC(=O)O)NC(=O)[C@H](CCC(=O)O)NC(=O)C(CCSC)NC(=O)[C@H](CCC(N)=O)NC(C)=O)C(C)C)C(=O)N[C@H](C)CCC(=O)O. The Morgan fingerprint density at radius 2 is 0.810 bits per heavy atom. The lowest BCUT2D eigenvalue weighted by molar-refractivity contribution is -0.140. The second-order valence-corrected chi connectivity index (χ2v) is 27.2. The van der Waals surface area contributed by atoms with Crippen LogP contribution in [0.4, 0.5) is 0 Å². The minimum atomic E-state index is -1.91. The van der Waals surface area contributed by atoms with Crippen LogP contribution in [0, 0.1) is 17.8 Å². The number of nitrogens with zero attached hydrogens (tertiary/aromatic N) is 1. The number of primary amides is 1. The van der Waals surface area contributed by atoms with E-state index in [0.717, 1.165) is 13.8 Å². The first-order valence-corrected chi connectivity index (χ1v) is 35.9. The van der Waals surface area contributed by atoms with Gasteiger partial charge in [-0.3, -0.25) is 86.5 Å². The summed E-state index contributed by atoms with van der Waals surface area (Å²) in [6.45, 7) is 14.0. The highest BCUT2D eigenvalue weighted by Crippen LogP contribution is 2.16. The molecular weight excluding hydrogens is 1400 g/mol. The lowest BCUT2D eigenvalue weighted by Crippen LogP contribution is -2.61. The highest BCUT2D eigenvalue weighted by molar-refractivity contribution is 7.98. The minimum absolute atomic E-state index is 0.00819. The molecule has 3 unspecified atom stereocenters. The first kappa shape index (κ1) is 92.8. The van der Waals surface area contributed by atoms with E-state index in [1.165, 1.54) is 25.6 Å². The van der Waals surface area contributed by atoms with Gasteiger partial charge in [-0.05, 0) is 107 Å². The zero-order valence-corrected chi connectivity index (χ0v) is 61.9. The van der Waals surface area contributed by atoms with Gasteiger partial charge in [0, 0.05) is 58.0 Å². The second-order valence-electron chi connectivity index (χ2n) is 26.2. The smallest absolute Gasteiger partial charge is 0.303 e. The Morgan fingerprint density at radius 3 is 1.24 bits per heavy atom. The average Bonchev–Trinajstić information content (AvgIpc) is 0.853. The van der Waals surface area contributed by atoms with Crippen molar-refractivity contribution in [2.45, 2.75) is 238 Å². The number of hydrogen-bond acceptors (Lipinski definition) is 19. The minimum Gasteiger partial charge on any atom is -0.481 e. The fraction of sp³-hybridized carbons (Fsp3) is 0.642. The molecule has 0 fully saturated rings. The molecule has 1 rings (SSSR count). The number of nitrogens with two attached hydrogens (primary N) is 3. The molecule has 1 aromatic carbocycles. The fourth-order valence-corrected chi connectivity index (χ4v) is 10.7. The molecule has 13 atom stereocenters. The van der Waals surface area contributed by atoms with Gasteiger partial charge in [0.05, 0.1) is 0 Å². The number of aliphatic imine (C=N–C) groups is 1. The Bertz CT molecular complexity index is 3180. The molecular formula is C67H108N16O21S. The Balaban J connectivity index is 3.65. The van der Waals surface area contributed by atoms with Crippen molar-refractivity contribution >= 4 is 118 Å². The van der Waals surface area contributed by atoms with Crippen LogP contribution in [0.3, 0.4) is 0 Å². The first-order valence-electron chi connectivity index (χ1n) is 34.5. The van der Waals surface area contributed by atoms with Crippen LogP contribution in [0.15, 0.2) is 35.3 Å². The molecule has 37 nitrogen and oxygen atoms in total. The molecule has 0 aliphatic heterocycles. The summed E-state index contributed by atoms with van der Waals surface area (Å²) >= 11 is 1.24. The summed E-state index contributed by atoms with van der Waals surface area (Å²) in [6, 6.07) is -8.73. The summed E-state index contributed by atoms with van der Waals surface area (Å²) in [6.07, 6.45) is -3.34. The van der Waals surface area contributed by atoms with Crippen LogP contribution in [0.5, 0.6) is 0 Å². The molecule has 1 aromatic rings. The third kappa shape index (κ3) is 38.2. The third-order valence-electron chi connectivity index (χ3n) is 16.3. The predicted molar refractivity (Wildman–Crippen MR) is 383 cm³/mol. The Kier molecular flexibility index (Phi) is 43.1. The van der Waals surface area contributed by atoms with Crippen molar-refractivity contribution in [3.05, 3.63) is 35.9 Å². The van der Waals surface area contributed by atoms with Crippen molar-refractivity contribution in [1.82, 2.24) is 63.8 Å². The van der Waals surface area contributed by atoms with E-state index < -0.39 is 224 Å². The van der Waals surface area contributed by atoms with Crippen molar-refractivity contribution in [2.75, 3.05) is 18.6 Å². The number of carbonyl (C=O) groups excluding carboxylic acids is 13. The Hall–Kier alpha value is -10.2. The van der Waals surface area contributed by atoms with Gasteiger partial charge in [0.25, 0.3) is 0 Å². The lowest BCUT2D eigenvalue weighted by Gasteiger charge is -2.30. The number of carbonyl (C=O) groups is 17. The molecule has 588 valence electrons. The van der Waals surface area contributed by atoms with E-state index >= 15 is 0 Å². The van der Waals surface area contributed by atoms with Gasteiger partial charge in [0.1, 0.15) is 66.5 Å². The van der Waals surface area contributed by atoms with Crippen molar-refractivity contribution in [3.8, 4) is 0 Å². The summed E-state index contributed by atoms with van der Waals surface area (Å²) in [5.41, 5.74) is 17.0. The molecule has 0 aliphatic rings. The van der Waals surface area contributed by atoms with Crippen LogP contribution in [0.2, 0.25) is 0 Å². The molecule has 0 radical (unpaired) electrons. The maximum atomic E-state index is 14.6. The molecule has 0 spiro atoms. The topological polar surface area (TPSA) is 606 Å². The van der Waals surface area contributed by atoms with Gasteiger partial charge in [-0.25, -0.2) is 0 Å². The van der Waals surface area contributed by atoms with Crippen LogP contribution in [-0.2, 0) is 87.9 Å². The molecule has 38 heteroatoms. The zero-order chi connectivity index (χ0) is 79.8. The number of nitrogens with one attached hydrogen (secondary N) is 12. The maximum absolute atomic E-state index is 14.6. The van der Waals surface area contributed by atoms with Gasteiger partial charge in [-0.1, -0.05) is 78.3 Å². The highest BCUT2D eigenvalue weighted by Gasteiger charge is 2.38. The van der Waals surface area contributed by atoms with Crippen molar-refractivity contribution in [1.29, 1.82) is 0 Å². The van der Waals surface area contributed by atoms with Crippen molar-refractivity contribution in [2.24, 2.45) is 39.9 Å². The van der Waals surface area contributed by atoms with Gasteiger partial charge < -0.3 is 101 Å². The molecule has 105 heavy (non-hydrogen) atoms. The number of carboxylic acid groups (broad SMARTS) is 4. The summed E-state index contributed by atoms with van der Waals surface area (Å²) < 4.78 is 0. The second kappa shape index (κ2) is 48.7. The fourth-order valence-electron chi connectivity index (χ4n) is 10.2. The summed E-state index contributed by atoms with van der Waals surface area (Å²) in [4.78, 5) is 229. The lowest BCUT2D eigenvalue weighted by atomic mass is 9.96. The van der Waals surface area contributed by atoms with Gasteiger partial charge in [-0.2, -0.15) is 11.8 Å². The van der Waals surface area contributed by atoms with E-state index in [0.29, 0.717) is 12.0 Å². The standard InChI is InChI=1S/C67H108N16O21S/c1-11-36(6)55(66(104)72-37(7)19-25-50(86)87)83-64(102)48(33-40-16-13-12-14-17-40)81-63(101)47(32-34(2)3)80-58(96)41(18-15-30-71-67(69)70)79-65(103)54(35(4)5)82-56(94)38(8)73-57(95)43(21-26-51(88)89)75-60(98)44(22-27-52(90)91)76-61(99)45(23-28-53(92)93)77-62(100)46(29-31-105-10)78-59(97)42(74-39(9)84)20-24-49(68)85/h12-14,16-17,34-38,41-48,54-55H,11,15,18-33H2,1-10H3,(H2,68,85)(H,72,104)(H,73,95)(H,74,84)(H,75,98)(H,76,99)(H,77,100)(H,78,97)(H,79,103)(H,80,96)(H,81,101)(H,82,94)(H,83,102)(H,86,87)(H,88,89)(H,90,91)(H,92,93)(H4,69,70,71)/t36-,37+,38-,41?,42-,43-,44?,45-,46?,47-,48+,54-,55-/m0/s1. The molecule has 13 amide bonds. The Labute approximate surface area is 613 Å². The van der Waals surface area contributed by atoms with Crippen LogP contribution in [-0.4, -0.2) is 218 Å². The quantitative estimate of drug-likeness (QED) is 0.0180.